The highest BCUT2D eigenvalue weighted by atomic mass is 32.2. The van der Waals surface area contributed by atoms with Crippen molar-refractivity contribution in [1.29, 1.82) is 0 Å². The van der Waals surface area contributed by atoms with Crippen molar-refractivity contribution in [2.75, 3.05) is 14.2 Å². The van der Waals surface area contributed by atoms with Gasteiger partial charge in [-0.1, -0.05) is 36.4 Å². The monoisotopic (exact) mass is 418 g/mol. The van der Waals surface area contributed by atoms with Crippen molar-refractivity contribution in [3.63, 3.8) is 0 Å². The zero-order valence-electron chi connectivity index (χ0n) is 17.4. The number of rotatable bonds is 9. The Balaban J connectivity index is 1.86. The summed E-state index contributed by atoms with van der Waals surface area (Å²) < 4.78 is 31.9. The number of aliphatic imine (C=N–C) groups is 1. The van der Waals surface area contributed by atoms with E-state index < -0.39 is 10.0 Å². The van der Waals surface area contributed by atoms with Gasteiger partial charge in [-0.25, -0.2) is 13.1 Å². The summed E-state index contributed by atoms with van der Waals surface area (Å²) in [7, 11) is 0.0473. The normalized spacial score (nSPS) is 12.1. The van der Waals surface area contributed by atoms with Gasteiger partial charge in [0.2, 0.25) is 10.0 Å². The minimum absolute atomic E-state index is 0.0251. The molecule has 0 aromatic heterocycles. The SMILES string of the molecule is CN=C(NCc1ccc(CS(=O)(=O)NC(C)C)cc1)NCc1cccc(OC)c1. The number of nitrogens with zero attached hydrogens (tertiary/aromatic N) is 1. The third kappa shape index (κ3) is 8.13. The Bertz CT molecular complexity index is 910. The zero-order valence-corrected chi connectivity index (χ0v) is 18.2. The predicted molar refractivity (Wildman–Crippen MR) is 117 cm³/mol. The summed E-state index contributed by atoms with van der Waals surface area (Å²) in [5, 5.41) is 6.52. The van der Waals surface area contributed by atoms with Gasteiger partial charge in [-0.05, 0) is 42.7 Å². The summed E-state index contributed by atoms with van der Waals surface area (Å²) in [5.41, 5.74) is 2.88. The van der Waals surface area contributed by atoms with E-state index in [-0.39, 0.29) is 11.8 Å². The fraction of sp³-hybridized carbons (Fsp3) is 0.381. The molecule has 0 fully saturated rings. The number of nitrogens with one attached hydrogen (secondary N) is 3. The summed E-state index contributed by atoms with van der Waals surface area (Å²) >= 11 is 0. The van der Waals surface area contributed by atoms with Crippen LogP contribution < -0.4 is 20.1 Å². The lowest BCUT2D eigenvalue weighted by atomic mass is 10.1. The van der Waals surface area contributed by atoms with E-state index in [4.69, 9.17) is 4.74 Å². The Kier molecular flexibility index (Phi) is 8.48. The summed E-state index contributed by atoms with van der Waals surface area (Å²) in [6.07, 6.45) is 0. The van der Waals surface area contributed by atoms with Crippen LogP contribution in [0.4, 0.5) is 0 Å². The maximum atomic E-state index is 12.0. The number of ether oxygens (including phenoxy) is 1. The standard InChI is InChI=1S/C21H30N4O3S/c1-16(2)25-29(26,27)15-18-10-8-17(9-11-18)13-23-21(22-3)24-14-19-6-5-7-20(12-19)28-4/h5-12,16,25H,13-15H2,1-4H3,(H2,22,23,24). The van der Waals surface area contributed by atoms with Crippen LogP contribution in [0.3, 0.4) is 0 Å². The molecule has 7 nitrogen and oxygen atoms in total. The summed E-state index contributed by atoms with van der Waals surface area (Å²) in [4.78, 5) is 4.23. The molecular formula is C21H30N4O3S. The van der Waals surface area contributed by atoms with Crippen LogP contribution in [0.25, 0.3) is 0 Å². The fourth-order valence-electron chi connectivity index (χ4n) is 2.75. The first kappa shape index (κ1) is 22.7. The summed E-state index contributed by atoms with van der Waals surface area (Å²) in [6.45, 7) is 4.81. The van der Waals surface area contributed by atoms with Crippen LogP contribution in [0.2, 0.25) is 0 Å². The number of hydrogen-bond donors (Lipinski definition) is 3. The molecule has 0 aliphatic heterocycles. The number of sulfonamides is 1. The van der Waals surface area contributed by atoms with Crippen molar-refractivity contribution in [2.45, 2.75) is 38.7 Å². The van der Waals surface area contributed by atoms with Crippen LogP contribution in [-0.2, 0) is 28.9 Å². The Labute approximate surface area is 173 Å². The predicted octanol–water partition coefficient (Wildman–Crippen LogP) is 2.39. The number of benzene rings is 2. The van der Waals surface area contributed by atoms with Crippen molar-refractivity contribution >= 4 is 16.0 Å². The lowest BCUT2D eigenvalue weighted by Gasteiger charge is -2.13. The lowest BCUT2D eigenvalue weighted by Crippen LogP contribution is -2.36. The Morgan fingerprint density at radius 1 is 1.00 bits per heavy atom. The highest BCUT2D eigenvalue weighted by molar-refractivity contribution is 7.88. The number of guanidine groups is 1. The van der Waals surface area contributed by atoms with E-state index in [0.29, 0.717) is 19.0 Å². The fourth-order valence-corrected chi connectivity index (χ4v) is 4.18. The molecular weight excluding hydrogens is 388 g/mol. The van der Waals surface area contributed by atoms with Gasteiger partial charge < -0.3 is 15.4 Å². The molecule has 0 bridgehead atoms. The summed E-state index contributed by atoms with van der Waals surface area (Å²) in [5.74, 6) is 1.47. The van der Waals surface area contributed by atoms with Gasteiger partial charge in [0.05, 0.1) is 12.9 Å². The van der Waals surface area contributed by atoms with E-state index in [1.54, 1.807) is 14.2 Å². The zero-order chi connectivity index (χ0) is 21.3. The highest BCUT2D eigenvalue weighted by Gasteiger charge is 2.12. The van der Waals surface area contributed by atoms with Gasteiger partial charge in [0.1, 0.15) is 5.75 Å². The minimum Gasteiger partial charge on any atom is -0.497 e. The van der Waals surface area contributed by atoms with E-state index in [9.17, 15) is 8.42 Å². The maximum absolute atomic E-state index is 12.0. The molecule has 0 amide bonds. The largest absolute Gasteiger partial charge is 0.497 e. The Morgan fingerprint density at radius 3 is 2.21 bits per heavy atom. The van der Waals surface area contributed by atoms with Crippen LogP contribution >= 0.6 is 0 Å². The molecule has 3 N–H and O–H groups in total. The van der Waals surface area contributed by atoms with Crippen LogP contribution in [0, 0.1) is 0 Å². The van der Waals surface area contributed by atoms with Crippen LogP contribution in [0.15, 0.2) is 53.5 Å². The lowest BCUT2D eigenvalue weighted by molar-refractivity contribution is 0.414. The first-order chi connectivity index (χ1) is 13.8. The average Bonchev–Trinajstić information content (AvgIpc) is 2.68. The molecule has 2 rings (SSSR count). The Morgan fingerprint density at radius 2 is 1.62 bits per heavy atom. The molecule has 0 unspecified atom stereocenters. The van der Waals surface area contributed by atoms with Crippen molar-refractivity contribution in [3.05, 3.63) is 65.2 Å². The van der Waals surface area contributed by atoms with Crippen molar-refractivity contribution in [2.24, 2.45) is 4.99 Å². The van der Waals surface area contributed by atoms with Gasteiger partial charge in [0, 0.05) is 26.2 Å². The molecule has 0 aliphatic carbocycles. The molecule has 0 radical (unpaired) electrons. The van der Waals surface area contributed by atoms with Crippen LogP contribution in [0.5, 0.6) is 5.75 Å². The van der Waals surface area contributed by atoms with Gasteiger partial charge in [-0.2, -0.15) is 0 Å². The molecule has 8 heteroatoms. The Hall–Kier alpha value is -2.58. The third-order valence-corrected chi connectivity index (χ3v) is 5.62. The topological polar surface area (TPSA) is 91.8 Å². The van der Waals surface area contributed by atoms with E-state index >= 15 is 0 Å². The molecule has 2 aromatic carbocycles. The molecule has 29 heavy (non-hydrogen) atoms. The second kappa shape index (κ2) is 10.8. The number of hydrogen-bond acceptors (Lipinski definition) is 4. The first-order valence-corrected chi connectivity index (χ1v) is 11.1. The molecule has 0 spiro atoms. The van der Waals surface area contributed by atoms with Crippen LogP contribution in [-0.4, -0.2) is 34.6 Å². The third-order valence-electron chi connectivity index (χ3n) is 4.07. The molecule has 158 valence electrons. The van der Waals surface area contributed by atoms with Crippen molar-refractivity contribution < 1.29 is 13.2 Å². The maximum Gasteiger partial charge on any atom is 0.216 e. The molecule has 0 saturated carbocycles. The minimum atomic E-state index is -3.32. The van der Waals surface area contributed by atoms with E-state index in [1.807, 2.05) is 62.4 Å². The van der Waals surface area contributed by atoms with Crippen molar-refractivity contribution in [1.82, 2.24) is 15.4 Å². The van der Waals surface area contributed by atoms with Crippen molar-refractivity contribution in [3.8, 4) is 5.75 Å². The van der Waals surface area contributed by atoms with Crippen LogP contribution in [0.1, 0.15) is 30.5 Å². The summed E-state index contributed by atoms with van der Waals surface area (Å²) in [6, 6.07) is 15.2. The molecule has 0 aliphatic rings. The van der Waals surface area contributed by atoms with Gasteiger partial charge in [0.15, 0.2) is 5.96 Å². The second-order valence-corrected chi connectivity index (χ2v) is 8.73. The van der Waals surface area contributed by atoms with E-state index in [0.717, 1.165) is 22.4 Å². The molecule has 2 aromatic rings. The van der Waals surface area contributed by atoms with Gasteiger partial charge in [-0.3, -0.25) is 4.99 Å². The average molecular weight is 419 g/mol. The smallest absolute Gasteiger partial charge is 0.216 e. The number of methoxy groups -OCH3 is 1. The van der Waals surface area contributed by atoms with E-state index in [2.05, 4.69) is 20.3 Å². The highest BCUT2D eigenvalue weighted by Crippen LogP contribution is 2.12. The second-order valence-electron chi connectivity index (χ2n) is 6.98. The van der Waals surface area contributed by atoms with E-state index in [1.165, 1.54) is 0 Å². The molecule has 0 heterocycles. The first-order valence-electron chi connectivity index (χ1n) is 9.46. The molecule has 0 saturated heterocycles. The van der Waals surface area contributed by atoms with Gasteiger partial charge >= 0.3 is 0 Å². The van der Waals surface area contributed by atoms with Gasteiger partial charge in [0.25, 0.3) is 0 Å². The quantitative estimate of drug-likeness (QED) is 0.430. The molecule has 0 atom stereocenters. The van der Waals surface area contributed by atoms with Gasteiger partial charge in [-0.15, -0.1) is 0 Å².